The fraction of sp³-hybridized carbons (Fsp3) is 0.333. The third kappa shape index (κ3) is 3.69. The minimum atomic E-state index is 0. The van der Waals surface area contributed by atoms with Gasteiger partial charge in [0.15, 0.2) is 10.8 Å². The SMILES string of the molecule is CN(c1nc2nnc(-c3ccc(-c4cn[nH]c4)cc3O)cc2s1)C1CC2(CNC2)C1.Cl.Cl. The van der Waals surface area contributed by atoms with Gasteiger partial charge in [-0.25, -0.2) is 0 Å². The van der Waals surface area contributed by atoms with Crippen molar-refractivity contribution in [3.63, 3.8) is 0 Å². The number of hydrogen-bond acceptors (Lipinski definition) is 8. The summed E-state index contributed by atoms with van der Waals surface area (Å²) < 4.78 is 0.972. The third-order valence-electron chi connectivity index (χ3n) is 6.44. The van der Waals surface area contributed by atoms with Crippen LogP contribution in [0.15, 0.2) is 36.7 Å². The van der Waals surface area contributed by atoms with E-state index < -0.39 is 0 Å². The molecule has 0 bridgehead atoms. The van der Waals surface area contributed by atoms with E-state index in [1.807, 2.05) is 18.2 Å². The maximum Gasteiger partial charge on any atom is 0.194 e. The number of thiazole rings is 1. The Kier molecular flexibility index (Phi) is 6.02. The maximum absolute atomic E-state index is 10.6. The predicted octanol–water partition coefficient (Wildman–Crippen LogP) is 3.88. The van der Waals surface area contributed by atoms with E-state index in [1.54, 1.807) is 29.8 Å². The van der Waals surface area contributed by atoms with Crippen LogP contribution < -0.4 is 10.2 Å². The Morgan fingerprint density at radius 1 is 1.12 bits per heavy atom. The van der Waals surface area contributed by atoms with Crippen LogP contribution >= 0.6 is 36.2 Å². The first-order valence-electron chi connectivity index (χ1n) is 10.0. The van der Waals surface area contributed by atoms with Crippen LogP contribution in [-0.4, -0.2) is 56.7 Å². The number of aromatic amines is 1. The average Bonchev–Trinajstić information content (AvgIpc) is 3.35. The highest BCUT2D eigenvalue weighted by Gasteiger charge is 2.50. The molecular formula is C21H23Cl2N7OS. The Labute approximate surface area is 201 Å². The van der Waals surface area contributed by atoms with Crippen LogP contribution in [0.2, 0.25) is 0 Å². The molecular weight excluding hydrogens is 469 g/mol. The van der Waals surface area contributed by atoms with Crippen molar-refractivity contribution in [2.75, 3.05) is 25.0 Å². The van der Waals surface area contributed by atoms with Gasteiger partial charge in [-0.1, -0.05) is 17.4 Å². The van der Waals surface area contributed by atoms with Gasteiger partial charge in [-0.2, -0.15) is 10.1 Å². The summed E-state index contributed by atoms with van der Waals surface area (Å²) in [5.41, 5.74) is 4.28. The second-order valence-electron chi connectivity index (χ2n) is 8.41. The second kappa shape index (κ2) is 8.47. The van der Waals surface area contributed by atoms with E-state index in [9.17, 15) is 5.11 Å². The number of aromatic hydroxyl groups is 1. The molecule has 2 aliphatic rings. The zero-order valence-corrected chi connectivity index (χ0v) is 19.7. The summed E-state index contributed by atoms with van der Waals surface area (Å²) in [6.45, 7) is 2.30. The van der Waals surface area contributed by atoms with Gasteiger partial charge < -0.3 is 15.3 Å². The highest BCUT2D eigenvalue weighted by Crippen LogP contribution is 2.47. The van der Waals surface area contributed by atoms with Crippen molar-refractivity contribution in [1.82, 2.24) is 30.7 Å². The second-order valence-corrected chi connectivity index (χ2v) is 9.42. The normalized spacial score (nSPS) is 16.7. The summed E-state index contributed by atoms with van der Waals surface area (Å²) in [5.74, 6) is 0.165. The molecule has 2 fully saturated rings. The Hall–Kier alpha value is -2.46. The van der Waals surface area contributed by atoms with E-state index in [0.29, 0.717) is 28.4 Å². The van der Waals surface area contributed by atoms with Crippen molar-refractivity contribution in [3.8, 4) is 28.1 Å². The van der Waals surface area contributed by atoms with E-state index >= 15 is 0 Å². The Morgan fingerprint density at radius 3 is 2.59 bits per heavy atom. The molecule has 1 saturated heterocycles. The van der Waals surface area contributed by atoms with E-state index in [2.05, 4.69) is 37.7 Å². The number of rotatable bonds is 4. The molecule has 168 valence electrons. The van der Waals surface area contributed by atoms with Gasteiger partial charge in [0.05, 0.1) is 16.6 Å². The average molecular weight is 492 g/mol. The van der Waals surface area contributed by atoms with Crippen LogP contribution in [-0.2, 0) is 0 Å². The van der Waals surface area contributed by atoms with Gasteiger partial charge in [0.2, 0.25) is 0 Å². The zero-order chi connectivity index (χ0) is 20.3. The number of anilines is 1. The smallest absolute Gasteiger partial charge is 0.194 e. The van der Waals surface area contributed by atoms with Gasteiger partial charge in [-0.15, -0.1) is 35.0 Å². The number of halogens is 2. The molecule has 4 heterocycles. The first kappa shape index (κ1) is 22.7. The molecule has 1 spiro atoms. The van der Waals surface area contributed by atoms with Crippen molar-refractivity contribution in [1.29, 1.82) is 0 Å². The summed E-state index contributed by atoms with van der Waals surface area (Å²) >= 11 is 1.63. The molecule has 1 aliphatic heterocycles. The number of nitrogens with one attached hydrogen (secondary N) is 2. The summed E-state index contributed by atoms with van der Waals surface area (Å²) in [4.78, 5) is 6.98. The summed E-state index contributed by atoms with van der Waals surface area (Å²) in [6.07, 6.45) is 5.96. The van der Waals surface area contributed by atoms with Gasteiger partial charge >= 0.3 is 0 Å². The fourth-order valence-corrected chi connectivity index (χ4v) is 5.46. The molecule has 1 saturated carbocycles. The number of benzene rings is 1. The van der Waals surface area contributed by atoms with Crippen LogP contribution in [0.3, 0.4) is 0 Å². The highest BCUT2D eigenvalue weighted by atomic mass is 35.5. The van der Waals surface area contributed by atoms with Crippen molar-refractivity contribution < 1.29 is 5.11 Å². The summed E-state index contributed by atoms with van der Waals surface area (Å²) in [6, 6.07) is 8.03. The molecule has 4 aromatic rings. The summed E-state index contributed by atoms with van der Waals surface area (Å²) in [7, 11) is 2.12. The molecule has 3 aromatic heterocycles. The lowest BCUT2D eigenvalue weighted by Crippen LogP contribution is -2.64. The lowest BCUT2D eigenvalue weighted by atomic mass is 9.61. The van der Waals surface area contributed by atoms with Crippen molar-refractivity contribution in [2.24, 2.45) is 5.41 Å². The Bertz CT molecular complexity index is 1230. The summed E-state index contributed by atoms with van der Waals surface area (Å²) in [5, 5.41) is 30.3. The Morgan fingerprint density at radius 2 is 1.94 bits per heavy atom. The molecule has 11 heteroatoms. The number of phenolic OH excluding ortho intramolecular Hbond substituents is 1. The molecule has 1 aromatic carbocycles. The number of H-pyrrole nitrogens is 1. The van der Waals surface area contributed by atoms with Crippen LogP contribution in [0.1, 0.15) is 12.8 Å². The Balaban J connectivity index is 0.00000122. The highest BCUT2D eigenvalue weighted by molar-refractivity contribution is 7.22. The molecule has 0 amide bonds. The predicted molar refractivity (Wildman–Crippen MR) is 131 cm³/mol. The largest absolute Gasteiger partial charge is 0.507 e. The number of aromatic nitrogens is 5. The molecule has 8 nitrogen and oxygen atoms in total. The molecule has 6 rings (SSSR count). The van der Waals surface area contributed by atoms with Crippen LogP contribution in [0.4, 0.5) is 5.13 Å². The lowest BCUT2D eigenvalue weighted by Gasteiger charge is -2.56. The molecule has 32 heavy (non-hydrogen) atoms. The zero-order valence-electron chi connectivity index (χ0n) is 17.3. The first-order chi connectivity index (χ1) is 14.6. The van der Waals surface area contributed by atoms with E-state index in [0.717, 1.165) is 34.0 Å². The molecule has 0 radical (unpaired) electrons. The van der Waals surface area contributed by atoms with E-state index in [-0.39, 0.29) is 30.6 Å². The van der Waals surface area contributed by atoms with Gasteiger partial charge in [-0.05, 0) is 42.0 Å². The molecule has 0 unspecified atom stereocenters. The maximum atomic E-state index is 10.6. The number of hydrogen-bond donors (Lipinski definition) is 3. The third-order valence-corrected chi connectivity index (χ3v) is 7.52. The van der Waals surface area contributed by atoms with Gasteiger partial charge in [0.25, 0.3) is 0 Å². The van der Waals surface area contributed by atoms with Crippen molar-refractivity contribution in [2.45, 2.75) is 18.9 Å². The minimum absolute atomic E-state index is 0. The number of phenols is 1. The molecule has 1 aliphatic carbocycles. The monoisotopic (exact) mass is 491 g/mol. The fourth-order valence-electron chi connectivity index (χ4n) is 4.49. The lowest BCUT2D eigenvalue weighted by molar-refractivity contribution is 0.0374. The first-order valence-corrected chi connectivity index (χ1v) is 10.8. The quantitative estimate of drug-likeness (QED) is 0.397. The van der Waals surface area contributed by atoms with Crippen LogP contribution in [0, 0.1) is 5.41 Å². The van der Waals surface area contributed by atoms with E-state index in [1.165, 1.54) is 12.8 Å². The van der Waals surface area contributed by atoms with Gasteiger partial charge in [-0.3, -0.25) is 5.10 Å². The van der Waals surface area contributed by atoms with Crippen molar-refractivity contribution in [3.05, 3.63) is 36.7 Å². The molecule has 0 atom stereocenters. The standard InChI is InChI=1S/C21H21N7OS.2ClH/c1-28(14-6-21(7-14)10-22-11-21)20-25-19-18(30-20)5-16(26-27-19)15-3-2-12(4-17(15)29)13-8-23-24-9-13;;/h2-5,8-9,14,22,29H,6-7,10-11H2,1H3,(H,23,24);2*1H. The molecule has 3 N–H and O–H groups in total. The van der Waals surface area contributed by atoms with Crippen LogP contribution in [0.25, 0.3) is 32.7 Å². The number of nitrogens with zero attached hydrogens (tertiary/aromatic N) is 5. The van der Waals surface area contributed by atoms with Crippen LogP contribution in [0.5, 0.6) is 5.75 Å². The van der Waals surface area contributed by atoms with E-state index in [4.69, 9.17) is 4.98 Å². The minimum Gasteiger partial charge on any atom is -0.507 e. The van der Waals surface area contributed by atoms with Gasteiger partial charge in [0.1, 0.15) is 5.75 Å². The number of fused-ring (bicyclic) bond motifs is 1. The van der Waals surface area contributed by atoms with Gasteiger partial charge in [0, 0.05) is 43.5 Å². The topological polar surface area (TPSA) is 103 Å². The van der Waals surface area contributed by atoms with Crippen molar-refractivity contribution >= 4 is 51.6 Å².